The molecule has 2 rings (SSSR count). The second kappa shape index (κ2) is 7.64. The predicted octanol–water partition coefficient (Wildman–Crippen LogP) is 4.03. The van der Waals surface area contributed by atoms with Crippen molar-refractivity contribution >= 4 is 5.91 Å². The van der Waals surface area contributed by atoms with Crippen LogP contribution in [0.2, 0.25) is 0 Å². The minimum absolute atomic E-state index is 0.0447. The van der Waals surface area contributed by atoms with Crippen molar-refractivity contribution in [2.24, 2.45) is 0 Å². The number of hydrogen-bond acceptors (Lipinski definition) is 1. The third kappa shape index (κ3) is 3.67. The van der Waals surface area contributed by atoms with Crippen LogP contribution in [0.3, 0.4) is 0 Å². The van der Waals surface area contributed by atoms with Gasteiger partial charge in [0.1, 0.15) is 20.0 Å². The number of rotatable bonds is 6. The van der Waals surface area contributed by atoms with E-state index in [1.165, 1.54) is 12.1 Å². The second-order valence-corrected chi connectivity index (χ2v) is 4.85. The molecule has 1 amide bonds. The fourth-order valence-electron chi connectivity index (χ4n) is 2.18. The lowest BCUT2D eigenvalue weighted by Gasteiger charge is -2.12. The van der Waals surface area contributed by atoms with E-state index in [0.717, 1.165) is 5.56 Å². The summed E-state index contributed by atoms with van der Waals surface area (Å²) in [5.74, 6) is -0.503. The van der Waals surface area contributed by atoms with Crippen LogP contribution in [0.5, 0.6) is 0 Å². The zero-order valence-corrected chi connectivity index (χ0v) is 11.9. The zero-order chi connectivity index (χ0) is 15.9. The van der Waals surface area contributed by atoms with Crippen LogP contribution in [0, 0.1) is 0 Å². The summed E-state index contributed by atoms with van der Waals surface area (Å²) < 4.78 is 38.8. The summed E-state index contributed by atoms with van der Waals surface area (Å²) in [5, 5.41) is 2.66. The summed E-state index contributed by atoms with van der Waals surface area (Å²) in [5.41, 5.74) is 1.15. The molecule has 0 fully saturated rings. The van der Waals surface area contributed by atoms with E-state index in [-0.39, 0.29) is 28.8 Å². The Morgan fingerprint density at radius 3 is 2.05 bits per heavy atom. The monoisotopic (exact) mass is 307 g/mol. The maximum Gasteiger partial charge on any atom is 0.251 e. The highest BCUT2D eigenvalue weighted by Gasteiger charge is 2.15. The van der Waals surface area contributed by atoms with Crippen LogP contribution in [-0.2, 0) is 26.6 Å². The molecule has 5 heteroatoms. The van der Waals surface area contributed by atoms with Gasteiger partial charge in [0.05, 0.1) is 0 Å². The molecule has 0 spiro atoms. The molecule has 0 bridgehead atoms. The molecule has 2 aromatic rings. The average Bonchev–Trinajstić information content (AvgIpc) is 2.59. The van der Waals surface area contributed by atoms with Crippen molar-refractivity contribution < 1.29 is 18.0 Å². The largest absolute Gasteiger partial charge is 0.348 e. The number of amides is 1. The summed E-state index contributed by atoms with van der Waals surface area (Å²) >= 11 is 0. The first kappa shape index (κ1) is 16.1. The molecule has 0 radical (unpaired) electrons. The Balaban J connectivity index is 2.21. The fraction of sp³-hybridized carbons (Fsp3) is 0.235. The summed E-state index contributed by atoms with van der Waals surface area (Å²) in [7, 11) is 0. The third-order valence-corrected chi connectivity index (χ3v) is 3.40. The van der Waals surface area contributed by atoms with E-state index in [2.05, 4.69) is 5.32 Å². The lowest BCUT2D eigenvalue weighted by molar-refractivity contribution is 0.0949. The van der Waals surface area contributed by atoms with Crippen molar-refractivity contribution in [2.75, 3.05) is 0 Å². The Morgan fingerprint density at radius 1 is 0.864 bits per heavy atom. The van der Waals surface area contributed by atoms with E-state index in [9.17, 15) is 18.0 Å². The van der Waals surface area contributed by atoms with Gasteiger partial charge in [0, 0.05) is 12.1 Å². The van der Waals surface area contributed by atoms with Gasteiger partial charge < -0.3 is 5.32 Å². The maximum absolute atomic E-state index is 13.1. The van der Waals surface area contributed by atoms with Gasteiger partial charge in [-0.3, -0.25) is 4.79 Å². The fourth-order valence-corrected chi connectivity index (χ4v) is 2.18. The molecule has 22 heavy (non-hydrogen) atoms. The smallest absolute Gasteiger partial charge is 0.251 e. The highest BCUT2D eigenvalue weighted by Crippen LogP contribution is 2.21. The first-order valence-corrected chi connectivity index (χ1v) is 6.84. The van der Waals surface area contributed by atoms with Crippen molar-refractivity contribution in [2.45, 2.75) is 26.6 Å². The van der Waals surface area contributed by atoms with Gasteiger partial charge in [-0.2, -0.15) is 0 Å². The Hall–Kier alpha value is -2.30. The van der Waals surface area contributed by atoms with Crippen LogP contribution in [-0.4, -0.2) is 5.91 Å². The minimum Gasteiger partial charge on any atom is -0.348 e. The van der Waals surface area contributed by atoms with E-state index < -0.39 is 25.9 Å². The van der Waals surface area contributed by atoms with Crippen molar-refractivity contribution in [1.29, 1.82) is 0 Å². The van der Waals surface area contributed by atoms with Crippen molar-refractivity contribution in [1.82, 2.24) is 5.32 Å². The number of alkyl halides is 3. The molecule has 2 aromatic carbocycles. The Morgan fingerprint density at radius 2 is 1.45 bits per heavy atom. The van der Waals surface area contributed by atoms with Crippen LogP contribution in [0.25, 0.3) is 0 Å². The summed E-state index contributed by atoms with van der Waals surface area (Å²) in [4.78, 5) is 12.2. The van der Waals surface area contributed by atoms with Crippen LogP contribution in [0.4, 0.5) is 13.2 Å². The van der Waals surface area contributed by atoms with Crippen molar-refractivity contribution in [3.63, 3.8) is 0 Å². The molecular formula is C17H16F3NO. The SMILES string of the molecule is O=C(NCc1ccccc1)c1cc(CF)c(CF)cc1CF. The van der Waals surface area contributed by atoms with Crippen molar-refractivity contribution in [3.05, 3.63) is 70.3 Å². The molecule has 1 N–H and O–H groups in total. The molecule has 116 valence electrons. The van der Waals surface area contributed by atoms with Crippen LogP contribution in [0.1, 0.15) is 32.6 Å². The summed E-state index contributed by atoms with van der Waals surface area (Å²) in [6, 6.07) is 11.7. The number of hydrogen-bond donors (Lipinski definition) is 1. The van der Waals surface area contributed by atoms with Gasteiger partial charge in [-0.05, 0) is 34.4 Å². The average molecular weight is 307 g/mol. The van der Waals surface area contributed by atoms with E-state index in [1.807, 2.05) is 30.3 Å². The summed E-state index contributed by atoms with van der Waals surface area (Å²) in [6.07, 6.45) is 0. The van der Waals surface area contributed by atoms with Gasteiger partial charge in [0.25, 0.3) is 5.91 Å². The lowest BCUT2D eigenvalue weighted by Crippen LogP contribution is -2.24. The molecule has 2 nitrogen and oxygen atoms in total. The molecule has 0 saturated carbocycles. The molecule has 0 atom stereocenters. The van der Waals surface area contributed by atoms with Gasteiger partial charge in [-0.15, -0.1) is 0 Å². The number of nitrogens with one attached hydrogen (secondary N) is 1. The number of benzene rings is 2. The van der Waals surface area contributed by atoms with Gasteiger partial charge in [-0.25, -0.2) is 13.2 Å². The quantitative estimate of drug-likeness (QED) is 0.858. The molecular weight excluding hydrogens is 291 g/mol. The second-order valence-electron chi connectivity index (χ2n) is 4.85. The highest BCUT2D eigenvalue weighted by atomic mass is 19.1. The predicted molar refractivity (Wildman–Crippen MR) is 78.5 cm³/mol. The molecule has 0 aliphatic heterocycles. The number of carbonyl (C=O) groups is 1. The van der Waals surface area contributed by atoms with Gasteiger partial charge in [0.15, 0.2) is 0 Å². The first-order chi connectivity index (χ1) is 10.7. The van der Waals surface area contributed by atoms with E-state index >= 15 is 0 Å². The highest BCUT2D eigenvalue weighted by molar-refractivity contribution is 5.96. The standard InChI is InChI=1S/C17H16F3NO/c18-8-13-6-15(10-20)16(7-14(13)9-19)17(22)21-11-12-4-2-1-3-5-12/h1-7H,8-11H2,(H,21,22). The van der Waals surface area contributed by atoms with E-state index in [0.29, 0.717) is 0 Å². The normalized spacial score (nSPS) is 10.5. The van der Waals surface area contributed by atoms with Crippen LogP contribution < -0.4 is 5.32 Å². The van der Waals surface area contributed by atoms with Gasteiger partial charge in [-0.1, -0.05) is 30.3 Å². The van der Waals surface area contributed by atoms with Gasteiger partial charge >= 0.3 is 0 Å². The number of halogens is 3. The lowest BCUT2D eigenvalue weighted by atomic mass is 9.99. The van der Waals surface area contributed by atoms with Crippen molar-refractivity contribution in [3.8, 4) is 0 Å². The Bertz CT molecular complexity index is 644. The Kier molecular flexibility index (Phi) is 5.58. The van der Waals surface area contributed by atoms with E-state index in [1.54, 1.807) is 0 Å². The topological polar surface area (TPSA) is 29.1 Å². The molecule has 0 aliphatic rings. The van der Waals surface area contributed by atoms with Crippen LogP contribution >= 0.6 is 0 Å². The Labute approximate surface area is 127 Å². The molecule has 0 aliphatic carbocycles. The molecule has 0 unspecified atom stereocenters. The first-order valence-electron chi connectivity index (χ1n) is 6.84. The number of carbonyl (C=O) groups excluding carboxylic acids is 1. The zero-order valence-electron chi connectivity index (χ0n) is 11.9. The molecule has 0 saturated heterocycles. The van der Waals surface area contributed by atoms with Gasteiger partial charge in [0.2, 0.25) is 0 Å². The third-order valence-electron chi connectivity index (χ3n) is 3.40. The van der Waals surface area contributed by atoms with Crippen LogP contribution in [0.15, 0.2) is 42.5 Å². The van der Waals surface area contributed by atoms with E-state index in [4.69, 9.17) is 0 Å². The minimum atomic E-state index is -0.909. The molecule has 0 aromatic heterocycles. The summed E-state index contributed by atoms with van der Waals surface area (Å²) in [6.45, 7) is -2.42. The molecule has 0 heterocycles. The maximum atomic E-state index is 13.1.